The van der Waals surface area contributed by atoms with E-state index in [-0.39, 0.29) is 18.2 Å². The number of fused-ring (bicyclic) bond motifs is 1. The van der Waals surface area contributed by atoms with Crippen LogP contribution in [-0.2, 0) is 0 Å². The maximum atomic E-state index is 14.1. The van der Waals surface area contributed by atoms with Crippen LogP contribution in [0.2, 0.25) is 0 Å². The topological polar surface area (TPSA) is 71.1 Å². The quantitative estimate of drug-likeness (QED) is 0.739. The van der Waals surface area contributed by atoms with Gasteiger partial charge in [-0.15, -0.1) is 0 Å². The summed E-state index contributed by atoms with van der Waals surface area (Å²) in [6.07, 6.45) is -0.256. The molecule has 0 saturated carbocycles. The van der Waals surface area contributed by atoms with Gasteiger partial charge in [0.25, 0.3) is 0 Å². The average Bonchev–Trinajstić information content (AvgIpc) is 2.93. The Kier molecular flexibility index (Phi) is 5.41. The number of hydrogen-bond acceptors (Lipinski definition) is 5. The summed E-state index contributed by atoms with van der Waals surface area (Å²) in [6, 6.07) is 3.80. The Hall–Kier alpha value is -2.55. The van der Waals surface area contributed by atoms with Crippen LogP contribution in [0.1, 0.15) is 18.4 Å². The number of nitrogens with zero attached hydrogens (tertiary/aromatic N) is 2. The maximum Gasteiger partial charge on any atom is 0.422 e. The van der Waals surface area contributed by atoms with Gasteiger partial charge in [0, 0.05) is 24.3 Å². The van der Waals surface area contributed by atoms with Crippen molar-refractivity contribution in [1.29, 1.82) is 0 Å². The van der Waals surface area contributed by atoms with E-state index >= 15 is 0 Å². The first-order chi connectivity index (χ1) is 12.8. The summed E-state index contributed by atoms with van der Waals surface area (Å²) in [6.45, 7) is -1.09. The summed E-state index contributed by atoms with van der Waals surface area (Å²) in [5.41, 5.74) is 7.61. The highest BCUT2D eigenvalue weighted by Gasteiger charge is 2.34. The zero-order valence-electron chi connectivity index (χ0n) is 14.3. The number of hydrazone groups is 1. The predicted octanol–water partition coefficient (Wildman–Crippen LogP) is 2.82. The van der Waals surface area contributed by atoms with E-state index in [2.05, 4.69) is 5.10 Å². The second kappa shape index (κ2) is 7.59. The molecular weight excluding hydrogens is 366 g/mol. The number of alkyl halides is 3. The number of amidine groups is 1. The van der Waals surface area contributed by atoms with E-state index in [9.17, 15) is 17.6 Å². The van der Waals surface area contributed by atoms with E-state index in [0.29, 0.717) is 30.8 Å². The number of rotatable bonds is 6. The molecular formula is C18H19F4N3O2. The number of nitrogens with two attached hydrogens (primary N) is 1. The van der Waals surface area contributed by atoms with Gasteiger partial charge in [-0.3, -0.25) is 5.01 Å². The van der Waals surface area contributed by atoms with Crippen LogP contribution in [0, 0.1) is 5.82 Å². The molecule has 0 aromatic heterocycles. The Morgan fingerprint density at radius 3 is 2.78 bits per heavy atom. The van der Waals surface area contributed by atoms with Crippen LogP contribution < -0.4 is 10.5 Å². The van der Waals surface area contributed by atoms with Crippen molar-refractivity contribution >= 4 is 11.4 Å². The Morgan fingerprint density at radius 1 is 1.30 bits per heavy atom. The van der Waals surface area contributed by atoms with Crippen molar-refractivity contribution in [2.75, 3.05) is 19.8 Å². The van der Waals surface area contributed by atoms with Gasteiger partial charge in [0.2, 0.25) is 0 Å². The van der Waals surface area contributed by atoms with Gasteiger partial charge in [0.15, 0.2) is 18.2 Å². The van der Waals surface area contributed by atoms with Crippen molar-refractivity contribution < 1.29 is 27.4 Å². The lowest BCUT2D eigenvalue weighted by Gasteiger charge is -2.28. The minimum absolute atomic E-state index is 0.000282. The smallest absolute Gasteiger partial charge is 0.422 e. The van der Waals surface area contributed by atoms with E-state index < -0.39 is 24.3 Å². The molecule has 1 atom stereocenters. The number of ether oxygens (including phenoxy) is 1. The highest BCUT2D eigenvalue weighted by atomic mass is 19.4. The van der Waals surface area contributed by atoms with Gasteiger partial charge in [-0.2, -0.15) is 18.3 Å². The molecule has 0 spiro atoms. The summed E-state index contributed by atoms with van der Waals surface area (Å²) < 4.78 is 56.4. The summed E-state index contributed by atoms with van der Waals surface area (Å²) in [5.74, 6) is -0.917. The van der Waals surface area contributed by atoms with Crippen molar-refractivity contribution in [3.8, 4) is 5.75 Å². The SMILES string of the molecule is NC1=NN(CCCO)C2CC(c3cccc(F)c3OCC(F)(F)F)=CC=C12. The molecule has 1 aliphatic heterocycles. The molecule has 1 aromatic carbocycles. The van der Waals surface area contributed by atoms with Crippen molar-refractivity contribution in [1.82, 2.24) is 5.01 Å². The van der Waals surface area contributed by atoms with E-state index in [1.807, 2.05) is 0 Å². The number of benzene rings is 1. The van der Waals surface area contributed by atoms with E-state index in [4.69, 9.17) is 15.6 Å². The third-order valence-corrected chi connectivity index (χ3v) is 4.37. The molecule has 5 nitrogen and oxygen atoms in total. The van der Waals surface area contributed by atoms with Crippen LogP contribution in [0.3, 0.4) is 0 Å². The van der Waals surface area contributed by atoms with Crippen LogP contribution in [0.4, 0.5) is 17.6 Å². The minimum Gasteiger partial charge on any atom is -0.480 e. The highest BCUT2D eigenvalue weighted by Crippen LogP contribution is 2.38. The molecule has 3 rings (SSSR count). The number of hydrogen-bond donors (Lipinski definition) is 2. The van der Waals surface area contributed by atoms with E-state index in [1.54, 1.807) is 17.2 Å². The first kappa shape index (κ1) is 19.2. The fourth-order valence-corrected chi connectivity index (χ4v) is 3.18. The molecule has 1 heterocycles. The largest absolute Gasteiger partial charge is 0.480 e. The van der Waals surface area contributed by atoms with Crippen LogP contribution in [-0.4, -0.2) is 47.9 Å². The monoisotopic (exact) mass is 385 g/mol. The summed E-state index contributed by atoms with van der Waals surface area (Å²) in [5, 5.41) is 15.0. The zero-order valence-corrected chi connectivity index (χ0v) is 14.3. The normalized spacial score (nSPS) is 19.4. The molecule has 0 amide bonds. The third-order valence-electron chi connectivity index (χ3n) is 4.37. The first-order valence-corrected chi connectivity index (χ1v) is 8.41. The Balaban J connectivity index is 1.88. The van der Waals surface area contributed by atoms with Crippen molar-refractivity contribution in [2.45, 2.75) is 25.1 Å². The second-order valence-electron chi connectivity index (χ2n) is 6.28. The molecule has 1 aromatic rings. The molecule has 0 fully saturated rings. The number of para-hydroxylation sites is 1. The molecule has 0 bridgehead atoms. The number of aliphatic hydroxyl groups excluding tert-OH is 1. The summed E-state index contributed by atoms with van der Waals surface area (Å²) in [7, 11) is 0. The van der Waals surface area contributed by atoms with Crippen LogP contribution >= 0.6 is 0 Å². The molecule has 9 heteroatoms. The van der Waals surface area contributed by atoms with Gasteiger partial charge in [-0.05, 0) is 24.5 Å². The minimum atomic E-state index is -4.57. The molecule has 1 unspecified atom stereocenters. The highest BCUT2D eigenvalue weighted by molar-refractivity contribution is 6.01. The van der Waals surface area contributed by atoms with Crippen LogP contribution in [0.25, 0.3) is 5.57 Å². The number of aliphatic hydroxyl groups is 1. The van der Waals surface area contributed by atoms with Gasteiger partial charge >= 0.3 is 6.18 Å². The molecule has 27 heavy (non-hydrogen) atoms. The molecule has 1 aliphatic carbocycles. The van der Waals surface area contributed by atoms with Crippen molar-refractivity contribution in [3.05, 3.63) is 47.3 Å². The average molecular weight is 385 g/mol. The lowest BCUT2D eigenvalue weighted by molar-refractivity contribution is -0.153. The van der Waals surface area contributed by atoms with Gasteiger partial charge in [-0.1, -0.05) is 24.3 Å². The molecule has 0 radical (unpaired) electrons. The fraction of sp³-hybridized carbons (Fsp3) is 0.389. The molecule has 0 saturated heterocycles. The fourth-order valence-electron chi connectivity index (χ4n) is 3.18. The first-order valence-electron chi connectivity index (χ1n) is 8.41. The number of allylic oxidation sites excluding steroid dienone is 2. The van der Waals surface area contributed by atoms with Crippen LogP contribution in [0.5, 0.6) is 5.75 Å². The zero-order chi connectivity index (χ0) is 19.6. The maximum absolute atomic E-state index is 14.1. The van der Waals surface area contributed by atoms with Gasteiger partial charge < -0.3 is 15.6 Å². The second-order valence-corrected chi connectivity index (χ2v) is 6.28. The summed E-state index contributed by atoms with van der Waals surface area (Å²) in [4.78, 5) is 0. The Morgan fingerprint density at radius 2 is 2.07 bits per heavy atom. The Bertz CT molecular complexity index is 802. The van der Waals surface area contributed by atoms with E-state index in [0.717, 1.165) is 11.6 Å². The molecule has 146 valence electrons. The standard InChI is InChI=1S/C18H19F4N3O2/c19-14-4-1-3-12(16(14)27-10-18(20,21)22)11-5-6-13-15(9-11)25(7-2-8-26)24-17(13)23/h1,3-6,15,26H,2,7-10H2,(H2,23,24). The van der Waals surface area contributed by atoms with Gasteiger partial charge in [0.1, 0.15) is 5.84 Å². The van der Waals surface area contributed by atoms with Crippen LogP contribution in [0.15, 0.2) is 41.0 Å². The third kappa shape index (κ3) is 4.24. The number of halogens is 4. The van der Waals surface area contributed by atoms with Gasteiger partial charge in [-0.25, -0.2) is 4.39 Å². The Labute approximate surface area is 153 Å². The summed E-state index contributed by atoms with van der Waals surface area (Å²) >= 11 is 0. The lowest BCUT2D eigenvalue weighted by Crippen LogP contribution is -2.31. The molecule has 2 aliphatic rings. The lowest BCUT2D eigenvalue weighted by atomic mass is 9.88. The van der Waals surface area contributed by atoms with Crippen molar-refractivity contribution in [2.24, 2.45) is 10.8 Å². The van der Waals surface area contributed by atoms with E-state index in [1.165, 1.54) is 12.1 Å². The predicted molar refractivity (Wildman–Crippen MR) is 92.4 cm³/mol. The van der Waals surface area contributed by atoms with Gasteiger partial charge in [0.05, 0.1) is 6.04 Å². The molecule has 3 N–H and O–H groups in total. The van der Waals surface area contributed by atoms with Crippen molar-refractivity contribution in [3.63, 3.8) is 0 Å².